The lowest BCUT2D eigenvalue weighted by Gasteiger charge is -2.26. The molecule has 0 atom stereocenters. The van der Waals surface area contributed by atoms with Gasteiger partial charge in [-0.2, -0.15) is 0 Å². The Balaban J connectivity index is 1.67. The van der Waals surface area contributed by atoms with Gasteiger partial charge in [-0.05, 0) is 56.2 Å². The van der Waals surface area contributed by atoms with E-state index >= 15 is 0 Å². The van der Waals surface area contributed by atoms with Gasteiger partial charge in [-0.15, -0.1) is 0 Å². The van der Waals surface area contributed by atoms with Crippen molar-refractivity contribution >= 4 is 11.7 Å². The fraction of sp³-hybridized carbons (Fsp3) is 0.217. The molecule has 0 radical (unpaired) electrons. The number of furan rings is 1. The lowest BCUT2D eigenvalue weighted by atomic mass is 10.0. The summed E-state index contributed by atoms with van der Waals surface area (Å²) in [5.41, 5.74) is 3.64. The molecule has 136 valence electrons. The van der Waals surface area contributed by atoms with E-state index < -0.39 is 0 Å². The molecular weight excluding hydrogens is 338 g/mol. The zero-order valence-corrected chi connectivity index (χ0v) is 15.7. The summed E-state index contributed by atoms with van der Waals surface area (Å²) in [4.78, 5) is 27.6. The van der Waals surface area contributed by atoms with Crippen LogP contribution in [-0.2, 0) is 6.54 Å². The topological polar surface area (TPSA) is 50.5 Å². The number of hydrogen-bond acceptors (Lipinski definition) is 3. The maximum atomic E-state index is 13.1. The molecule has 1 amide bonds. The summed E-state index contributed by atoms with van der Waals surface area (Å²) in [7, 11) is 0. The molecule has 0 unspecified atom stereocenters. The van der Waals surface area contributed by atoms with Gasteiger partial charge in [0.05, 0.1) is 6.54 Å². The minimum Gasteiger partial charge on any atom is -0.464 e. The van der Waals surface area contributed by atoms with E-state index in [0.717, 1.165) is 22.6 Å². The highest BCUT2D eigenvalue weighted by atomic mass is 16.3. The normalized spacial score (nSPS) is 12.2. The number of rotatable bonds is 4. The largest absolute Gasteiger partial charge is 0.464 e. The molecule has 0 bridgehead atoms. The second-order valence-electron chi connectivity index (χ2n) is 7.17. The van der Waals surface area contributed by atoms with E-state index in [1.165, 1.54) is 0 Å². The van der Waals surface area contributed by atoms with Crippen molar-refractivity contribution in [1.82, 2.24) is 4.90 Å². The van der Waals surface area contributed by atoms with E-state index in [1.54, 1.807) is 17.0 Å². The summed E-state index contributed by atoms with van der Waals surface area (Å²) in [6.45, 7) is 6.23. The number of nitrogens with zero attached hydrogens (tertiary/aromatic N) is 1. The van der Waals surface area contributed by atoms with Gasteiger partial charge in [0.25, 0.3) is 5.91 Å². The third kappa shape index (κ3) is 2.97. The predicted molar refractivity (Wildman–Crippen MR) is 104 cm³/mol. The number of ketones is 1. The molecule has 1 heterocycles. The maximum absolute atomic E-state index is 13.1. The Morgan fingerprint density at radius 1 is 0.963 bits per heavy atom. The summed E-state index contributed by atoms with van der Waals surface area (Å²) in [5.74, 6) is 1.44. The minimum atomic E-state index is -0.106. The van der Waals surface area contributed by atoms with Gasteiger partial charge in [0.15, 0.2) is 5.78 Å². The zero-order chi connectivity index (χ0) is 19.1. The summed E-state index contributed by atoms with van der Waals surface area (Å²) >= 11 is 0. The molecule has 0 spiro atoms. The van der Waals surface area contributed by atoms with Crippen LogP contribution in [0.4, 0.5) is 0 Å². The number of carbonyl (C=O) groups is 2. The van der Waals surface area contributed by atoms with Gasteiger partial charge >= 0.3 is 0 Å². The lowest BCUT2D eigenvalue weighted by Crippen LogP contribution is -2.36. The van der Waals surface area contributed by atoms with Crippen LogP contribution < -0.4 is 0 Å². The Hall–Kier alpha value is -3.14. The molecule has 1 aliphatic carbocycles. The second kappa shape index (κ2) is 6.54. The monoisotopic (exact) mass is 359 g/mol. The van der Waals surface area contributed by atoms with Gasteiger partial charge in [0, 0.05) is 22.7 Å². The number of hydrogen-bond donors (Lipinski definition) is 0. The van der Waals surface area contributed by atoms with Crippen molar-refractivity contribution in [3.05, 3.63) is 82.8 Å². The average molecular weight is 359 g/mol. The first-order valence-corrected chi connectivity index (χ1v) is 9.10. The van der Waals surface area contributed by atoms with E-state index in [1.807, 2.05) is 63.2 Å². The van der Waals surface area contributed by atoms with Crippen molar-refractivity contribution in [2.24, 2.45) is 0 Å². The van der Waals surface area contributed by atoms with Gasteiger partial charge < -0.3 is 9.32 Å². The standard InChI is InChI=1S/C23H21NO3/c1-14(2)24(13-17-10-8-15(3)27-17)23(26)16-9-11-19-18-6-4-5-7-20(18)22(25)21(19)12-16/h4-12,14H,13H2,1-3H3. The van der Waals surface area contributed by atoms with Gasteiger partial charge in [-0.3, -0.25) is 9.59 Å². The van der Waals surface area contributed by atoms with E-state index in [2.05, 4.69) is 0 Å². The van der Waals surface area contributed by atoms with Crippen LogP contribution in [0.15, 0.2) is 59.0 Å². The van der Waals surface area contributed by atoms with E-state index in [4.69, 9.17) is 4.42 Å². The highest BCUT2D eigenvalue weighted by molar-refractivity contribution is 6.22. The molecule has 27 heavy (non-hydrogen) atoms. The average Bonchev–Trinajstić information content (AvgIpc) is 3.20. The number of carbonyl (C=O) groups excluding carboxylic acids is 2. The highest BCUT2D eigenvalue weighted by Gasteiger charge is 2.28. The van der Waals surface area contributed by atoms with Crippen molar-refractivity contribution in [2.45, 2.75) is 33.4 Å². The molecule has 1 aromatic heterocycles. The number of fused-ring (bicyclic) bond motifs is 3. The molecule has 4 rings (SSSR count). The van der Waals surface area contributed by atoms with Gasteiger partial charge in [0.1, 0.15) is 11.5 Å². The Morgan fingerprint density at radius 2 is 1.67 bits per heavy atom. The molecule has 2 aromatic carbocycles. The summed E-state index contributed by atoms with van der Waals surface area (Å²) in [6, 6.07) is 16.8. The molecule has 0 saturated carbocycles. The molecule has 0 fully saturated rings. The molecular formula is C23H21NO3. The quantitative estimate of drug-likeness (QED) is 0.523. The van der Waals surface area contributed by atoms with Gasteiger partial charge in [-0.25, -0.2) is 0 Å². The Bertz CT molecular complexity index is 1050. The zero-order valence-electron chi connectivity index (χ0n) is 15.7. The van der Waals surface area contributed by atoms with Crippen LogP contribution in [0.5, 0.6) is 0 Å². The first-order valence-electron chi connectivity index (χ1n) is 9.10. The van der Waals surface area contributed by atoms with E-state index in [9.17, 15) is 9.59 Å². The molecule has 3 aromatic rings. The predicted octanol–water partition coefficient (Wildman–Crippen LogP) is 4.85. The van der Waals surface area contributed by atoms with Crippen LogP contribution in [0, 0.1) is 6.92 Å². The lowest BCUT2D eigenvalue weighted by molar-refractivity contribution is 0.0675. The molecule has 4 heteroatoms. The number of aryl methyl sites for hydroxylation is 1. The highest BCUT2D eigenvalue weighted by Crippen LogP contribution is 2.37. The fourth-order valence-corrected chi connectivity index (χ4v) is 3.55. The Kier molecular flexibility index (Phi) is 4.19. The maximum Gasteiger partial charge on any atom is 0.254 e. The summed E-state index contributed by atoms with van der Waals surface area (Å²) < 4.78 is 5.64. The third-order valence-electron chi connectivity index (χ3n) is 4.98. The van der Waals surface area contributed by atoms with Gasteiger partial charge in [0.2, 0.25) is 0 Å². The summed E-state index contributed by atoms with van der Waals surface area (Å²) in [5, 5.41) is 0. The van der Waals surface area contributed by atoms with Crippen LogP contribution >= 0.6 is 0 Å². The Morgan fingerprint density at radius 3 is 2.33 bits per heavy atom. The third-order valence-corrected chi connectivity index (χ3v) is 4.98. The molecule has 4 nitrogen and oxygen atoms in total. The number of amides is 1. The molecule has 0 saturated heterocycles. The first-order chi connectivity index (χ1) is 13.0. The Labute approximate surface area is 158 Å². The van der Waals surface area contributed by atoms with Crippen LogP contribution in [0.3, 0.4) is 0 Å². The van der Waals surface area contributed by atoms with Crippen molar-refractivity contribution in [1.29, 1.82) is 0 Å². The molecule has 1 aliphatic rings. The van der Waals surface area contributed by atoms with Crippen LogP contribution in [0.2, 0.25) is 0 Å². The van der Waals surface area contributed by atoms with Gasteiger partial charge in [-0.1, -0.05) is 30.3 Å². The minimum absolute atomic E-state index is 0.00376. The van der Waals surface area contributed by atoms with E-state index in [0.29, 0.717) is 23.2 Å². The van der Waals surface area contributed by atoms with Crippen LogP contribution in [0.25, 0.3) is 11.1 Å². The smallest absolute Gasteiger partial charge is 0.254 e. The van der Waals surface area contributed by atoms with Crippen molar-refractivity contribution in [3.63, 3.8) is 0 Å². The van der Waals surface area contributed by atoms with Crippen LogP contribution in [0.1, 0.15) is 51.6 Å². The van der Waals surface area contributed by atoms with E-state index in [-0.39, 0.29) is 17.7 Å². The van der Waals surface area contributed by atoms with Crippen molar-refractivity contribution in [3.8, 4) is 11.1 Å². The molecule has 0 aliphatic heterocycles. The fourth-order valence-electron chi connectivity index (χ4n) is 3.55. The van der Waals surface area contributed by atoms with Crippen LogP contribution in [-0.4, -0.2) is 22.6 Å². The number of benzene rings is 2. The second-order valence-corrected chi connectivity index (χ2v) is 7.17. The van der Waals surface area contributed by atoms with Crippen molar-refractivity contribution < 1.29 is 14.0 Å². The SMILES string of the molecule is Cc1ccc(CN(C(=O)c2ccc3c(c2)C(=O)c2ccccc2-3)C(C)C)o1. The molecule has 0 N–H and O–H groups in total. The summed E-state index contributed by atoms with van der Waals surface area (Å²) in [6.07, 6.45) is 0. The first kappa shape index (κ1) is 17.3. The van der Waals surface area contributed by atoms with Crippen molar-refractivity contribution in [2.75, 3.05) is 0 Å².